The summed E-state index contributed by atoms with van der Waals surface area (Å²) in [6.45, 7) is 6.42. The van der Waals surface area contributed by atoms with Gasteiger partial charge in [-0.3, -0.25) is 4.79 Å². The first-order chi connectivity index (χ1) is 12.0. The fourth-order valence-electron chi connectivity index (χ4n) is 2.28. The van der Waals surface area contributed by atoms with Gasteiger partial charge in [-0.2, -0.15) is 0 Å². The van der Waals surface area contributed by atoms with Gasteiger partial charge in [-0.1, -0.05) is 0 Å². The Hall–Kier alpha value is -2.54. The van der Waals surface area contributed by atoms with Gasteiger partial charge in [0, 0.05) is 19.4 Å². The van der Waals surface area contributed by atoms with Crippen LogP contribution in [0, 0.1) is 0 Å². The Morgan fingerprint density at radius 2 is 1.96 bits per heavy atom. The van der Waals surface area contributed by atoms with Gasteiger partial charge in [0.2, 0.25) is 5.43 Å². The number of carbonyl (C=O) groups excluding carboxylic acids is 1. The molecule has 0 aliphatic carbocycles. The highest BCUT2D eigenvalue weighted by Crippen LogP contribution is 2.31. The number of aromatic amines is 1. The minimum Gasteiger partial charge on any atom is -0.487 e. The van der Waals surface area contributed by atoms with Crippen LogP contribution in [0.5, 0.6) is 11.5 Å². The van der Waals surface area contributed by atoms with Crippen LogP contribution in [0.15, 0.2) is 23.1 Å². The largest absolute Gasteiger partial charge is 0.487 e. The quantitative estimate of drug-likeness (QED) is 0.582. The zero-order valence-corrected chi connectivity index (χ0v) is 14.9. The van der Waals surface area contributed by atoms with E-state index in [9.17, 15) is 9.59 Å². The Bertz CT molecular complexity index is 796. The first-order valence-electron chi connectivity index (χ1n) is 8.12. The maximum Gasteiger partial charge on any atom is 0.343 e. The molecule has 7 heteroatoms. The first kappa shape index (κ1) is 18.8. The number of fused-ring (bicyclic) bond motifs is 1. The van der Waals surface area contributed by atoms with Gasteiger partial charge in [0.15, 0.2) is 11.5 Å². The van der Waals surface area contributed by atoms with Crippen LogP contribution in [-0.2, 0) is 9.47 Å². The van der Waals surface area contributed by atoms with Crippen molar-refractivity contribution in [3.63, 3.8) is 0 Å². The monoisotopic (exact) mass is 349 g/mol. The normalized spacial score (nSPS) is 10.9. The summed E-state index contributed by atoms with van der Waals surface area (Å²) in [5.41, 5.74) is 0.0868. The summed E-state index contributed by atoms with van der Waals surface area (Å²) in [6, 6.07) is 3.26. The summed E-state index contributed by atoms with van der Waals surface area (Å²) in [4.78, 5) is 27.5. The highest BCUT2D eigenvalue weighted by atomic mass is 16.5. The summed E-state index contributed by atoms with van der Waals surface area (Å²) in [7, 11) is 1.59. The van der Waals surface area contributed by atoms with E-state index < -0.39 is 11.4 Å². The van der Waals surface area contributed by atoms with E-state index in [1.54, 1.807) is 26.2 Å². The van der Waals surface area contributed by atoms with Crippen molar-refractivity contribution in [2.24, 2.45) is 0 Å². The lowest BCUT2D eigenvalue weighted by atomic mass is 10.1. The third kappa shape index (κ3) is 4.51. The van der Waals surface area contributed by atoms with Crippen LogP contribution in [0.3, 0.4) is 0 Å². The highest BCUT2D eigenvalue weighted by Gasteiger charge is 2.17. The zero-order chi connectivity index (χ0) is 18.4. The smallest absolute Gasteiger partial charge is 0.343 e. The van der Waals surface area contributed by atoms with E-state index in [1.165, 1.54) is 6.20 Å². The molecule has 2 rings (SSSR count). The standard InChI is InChI=1S/C18H23NO6/c1-5-23-18(21)13-10-19-14-9-15(24-7-6-22-4)16(25-11(2)3)8-12(14)17(13)20/h8-11H,5-7H2,1-4H3,(H,19,20). The molecule has 0 radical (unpaired) electrons. The maximum atomic E-state index is 12.6. The van der Waals surface area contributed by atoms with E-state index in [-0.39, 0.29) is 18.3 Å². The van der Waals surface area contributed by atoms with Crippen LogP contribution in [-0.4, -0.2) is 44.0 Å². The number of rotatable bonds is 8. The topological polar surface area (TPSA) is 86.9 Å². The van der Waals surface area contributed by atoms with Crippen molar-refractivity contribution in [1.29, 1.82) is 0 Å². The van der Waals surface area contributed by atoms with Crippen LogP contribution in [0.2, 0.25) is 0 Å². The molecule has 0 saturated heterocycles. The molecule has 0 spiro atoms. The van der Waals surface area contributed by atoms with Crippen LogP contribution in [0.25, 0.3) is 10.9 Å². The average Bonchev–Trinajstić information content (AvgIpc) is 2.56. The van der Waals surface area contributed by atoms with Gasteiger partial charge < -0.3 is 23.9 Å². The van der Waals surface area contributed by atoms with E-state index in [4.69, 9.17) is 18.9 Å². The highest BCUT2D eigenvalue weighted by molar-refractivity contribution is 5.94. The number of nitrogens with one attached hydrogen (secondary N) is 1. The molecule has 0 amide bonds. The molecule has 0 atom stereocenters. The van der Waals surface area contributed by atoms with Crippen LogP contribution in [0.4, 0.5) is 0 Å². The number of hydrogen-bond acceptors (Lipinski definition) is 6. The summed E-state index contributed by atoms with van der Waals surface area (Å²) in [5, 5.41) is 0.334. The van der Waals surface area contributed by atoms with Crippen molar-refractivity contribution >= 4 is 16.9 Å². The van der Waals surface area contributed by atoms with Gasteiger partial charge >= 0.3 is 5.97 Å². The molecular formula is C18H23NO6. The van der Waals surface area contributed by atoms with Crippen LogP contribution >= 0.6 is 0 Å². The van der Waals surface area contributed by atoms with Crippen LogP contribution in [0.1, 0.15) is 31.1 Å². The van der Waals surface area contributed by atoms with Crippen molar-refractivity contribution in [1.82, 2.24) is 4.98 Å². The molecule has 0 saturated carbocycles. The summed E-state index contributed by atoms with van der Waals surface area (Å²) in [5.74, 6) is 0.278. The number of aromatic nitrogens is 1. The molecule has 136 valence electrons. The lowest BCUT2D eigenvalue weighted by molar-refractivity contribution is 0.0524. The van der Waals surface area contributed by atoms with Crippen molar-refractivity contribution in [2.75, 3.05) is 26.9 Å². The number of carbonyl (C=O) groups is 1. The van der Waals surface area contributed by atoms with E-state index >= 15 is 0 Å². The molecule has 1 heterocycles. The van der Waals surface area contributed by atoms with Crippen molar-refractivity contribution in [3.05, 3.63) is 34.1 Å². The van der Waals surface area contributed by atoms with Crippen molar-refractivity contribution in [3.8, 4) is 11.5 Å². The third-order valence-corrected chi connectivity index (χ3v) is 3.35. The SMILES string of the molecule is CCOC(=O)c1c[nH]c2cc(OCCOC)c(OC(C)C)cc2c1=O. The second-order valence-electron chi connectivity index (χ2n) is 5.60. The first-order valence-corrected chi connectivity index (χ1v) is 8.12. The van der Waals surface area contributed by atoms with E-state index in [0.29, 0.717) is 35.6 Å². The lowest BCUT2D eigenvalue weighted by Crippen LogP contribution is -2.18. The number of hydrogen-bond donors (Lipinski definition) is 1. The fraction of sp³-hybridized carbons (Fsp3) is 0.444. The second-order valence-corrected chi connectivity index (χ2v) is 5.60. The Balaban J connectivity index is 2.51. The molecule has 1 N–H and O–H groups in total. The van der Waals surface area contributed by atoms with Crippen LogP contribution < -0.4 is 14.9 Å². The number of pyridine rings is 1. The predicted octanol–water partition coefficient (Wildman–Crippen LogP) is 2.52. The fourth-order valence-corrected chi connectivity index (χ4v) is 2.28. The minimum atomic E-state index is -0.655. The minimum absolute atomic E-state index is 0.0436. The van der Waals surface area contributed by atoms with E-state index in [1.807, 2.05) is 13.8 Å². The molecule has 0 unspecified atom stereocenters. The van der Waals surface area contributed by atoms with Gasteiger partial charge in [0.1, 0.15) is 12.2 Å². The summed E-state index contributed by atoms with van der Waals surface area (Å²) >= 11 is 0. The number of esters is 1. The van der Waals surface area contributed by atoms with E-state index in [2.05, 4.69) is 4.98 Å². The number of ether oxygens (including phenoxy) is 4. The van der Waals surface area contributed by atoms with Gasteiger partial charge in [-0.25, -0.2) is 4.79 Å². The molecular weight excluding hydrogens is 326 g/mol. The Labute approximate surface area is 145 Å². The Morgan fingerprint density at radius 3 is 2.60 bits per heavy atom. The number of methoxy groups -OCH3 is 1. The molecule has 0 fully saturated rings. The molecule has 1 aromatic heterocycles. The van der Waals surface area contributed by atoms with Gasteiger partial charge in [-0.05, 0) is 26.8 Å². The summed E-state index contributed by atoms with van der Waals surface area (Å²) in [6.07, 6.45) is 1.25. The Morgan fingerprint density at radius 1 is 1.20 bits per heavy atom. The molecule has 25 heavy (non-hydrogen) atoms. The molecule has 1 aromatic carbocycles. The average molecular weight is 349 g/mol. The van der Waals surface area contributed by atoms with Gasteiger partial charge in [-0.15, -0.1) is 0 Å². The number of H-pyrrole nitrogens is 1. The maximum absolute atomic E-state index is 12.6. The Kier molecular flexibility index (Phi) is 6.41. The van der Waals surface area contributed by atoms with E-state index in [0.717, 1.165) is 0 Å². The van der Waals surface area contributed by atoms with Crippen molar-refractivity contribution in [2.45, 2.75) is 26.9 Å². The third-order valence-electron chi connectivity index (χ3n) is 3.35. The molecule has 2 aromatic rings. The second kappa shape index (κ2) is 8.53. The predicted molar refractivity (Wildman–Crippen MR) is 93.7 cm³/mol. The lowest BCUT2D eigenvalue weighted by Gasteiger charge is -2.16. The molecule has 7 nitrogen and oxygen atoms in total. The number of benzene rings is 1. The zero-order valence-electron chi connectivity index (χ0n) is 14.9. The molecule has 0 aliphatic heterocycles. The molecule has 0 bridgehead atoms. The van der Waals surface area contributed by atoms with Crippen molar-refractivity contribution < 1.29 is 23.7 Å². The molecule has 0 aliphatic rings. The summed E-state index contributed by atoms with van der Waals surface area (Å²) < 4.78 is 21.3. The van der Waals surface area contributed by atoms with Gasteiger partial charge in [0.05, 0.1) is 30.2 Å². The van der Waals surface area contributed by atoms with Gasteiger partial charge in [0.25, 0.3) is 0 Å².